The number of para-hydroxylation sites is 2. The number of rotatable bonds is 2. The molecule has 3 aromatic rings. The number of ether oxygens (including phenoxy) is 2. The van der Waals surface area contributed by atoms with Crippen molar-refractivity contribution in [2.75, 3.05) is 18.4 Å². The van der Waals surface area contributed by atoms with E-state index in [1.807, 2.05) is 24.3 Å². The number of likely N-dealkylation sites (tertiary alicyclic amines) is 1. The number of anilines is 1. The molecule has 1 saturated heterocycles. The van der Waals surface area contributed by atoms with Crippen LogP contribution in [0.2, 0.25) is 0 Å². The predicted molar refractivity (Wildman–Crippen MR) is 108 cm³/mol. The number of halogens is 4. The first-order valence-corrected chi connectivity index (χ1v) is 10.2. The van der Waals surface area contributed by atoms with E-state index in [0.717, 1.165) is 23.2 Å². The summed E-state index contributed by atoms with van der Waals surface area (Å²) in [7, 11) is 0. The number of aromatic amines is 1. The van der Waals surface area contributed by atoms with Crippen LogP contribution in [0.1, 0.15) is 24.4 Å². The first kappa shape index (κ1) is 21.3. The molecule has 2 aliphatic rings. The number of carbonyl (C=O) groups excluding carboxylic acids is 1. The van der Waals surface area contributed by atoms with Gasteiger partial charge in [-0.2, -0.15) is 8.78 Å². The highest BCUT2D eigenvalue weighted by molar-refractivity contribution is 5.89. The van der Waals surface area contributed by atoms with Gasteiger partial charge in [-0.1, -0.05) is 12.1 Å². The van der Waals surface area contributed by atoms with E-state index in [4.69, 9.17) is 0 Å². The van der Waals surface area contributed by atoms with Crippen LogP contribution in [-0.4, -0.2) is 39.9 Å². The molecule has 8 nitrogen and oxygen atoms in total. The summed E-state index contributed by atoms with van der Waals surface area (Å²) < 4.78 is 63.4. The van der Waals surface area contributed by atoms with Crippen LogP contribution in [0.5, 0.6) is 5.75 Å². The lowest BCUT2D eigenvalue weighted by Crippen LogP contribution is -2.43. The van der Waals surface area contributed by atoms with Gasteiger partial charge in [0.2, 0.25) is 0 Å². The first-order chi connectivity index (χ1) is 15.6. The van der Waals surface area contributed by atoms with Crippen LogP contribution in [0, 0.1) is 0 Å². The molecule has 0 atom stereocenters. The molecule has 3 heterocycles. The minimum absolute atomic E-state index is 0.0224. The lowest BCUT2D eigenvalue weighted by molar-refractivity contribution is -0.461. The number of hydrogen-bond acceptors (Lipinski definition) is 4. The van der Waals surface area contributed by atoms with Crippen LogP contribution in [0.25, 0.3) is 11.0 Å². The topological polar surface area (TPSA) is 88.6 Å². The van der Waals surface area contributed by atoms with Crippen molar-refractivity contribution >= 4 is 22.8 Å². The average molecular weight is 466 g/mol. The summed E-state index contributed by atoms with van der Waals surface area (Å²) in [5.41, 5.74) is 0.367. The number of H-pyrrole nitrogens is 1. The number of hydrogen-bond donors (Lipinski definition) is 2. The van der Waals surface area contributed by atoms with Gasteiger partial charge in [-0.15, -0.1) is 8.78 Å². The summed E-state index contributed by atoms with van der Waals surface area (Å²) in [6.07, 6.45) is -7.70. The zero-order valence-electron chi connectivity index (χ0n) is 17.0. The molecule has 2 aliphatic heterocycles. The Balaban J connectivity index is 1.27. The number of benzene rings is 2. The van der Waals surface area contributed by atoms with Gasteiger partial charge in [-0.05, 0) is 43.2 Å². The molecule has 2 N–H and O–H groups in total. The largest absolute Gasteiger partial charge is 0.540 e. The SMILES string of the molecule is O=C(Nc1ccc2c(c1)C(F)(F)OC(F)(F)O2)N1CCC(n2c(=O)[nH]c3ccccc32)CC1. The first-order valence-electron chi connectivity index (χ1n) is 10.2. The molecule has 0 unspecified atom stereocenters. The lowest BCUT2D eigenvalue weighted by Gasteiger charge is -2.33. The van der Waals surface area contributed by atoms with Gasteiger partial charge in [-0.25, -0.2) is 14.3 Å². The van der Waals surface area contributed by atoms with Crippen molar-refractivity contribution in [3.63, 3.8) is 0 Å². The molecule has 0 radical (unpaired) electrons. The molecule has 5 rings (SSSR count). The summed E-state index contributed by atoms with van der Waals surface area (Å²) in [6.45, 7) is 0.671. The van der Waals surface area contributed by atoms with Gasteiger partial charge >= 0.3 is 24.1 Å². The number of nitrogens with zero attached hydrogens (tertiary/aromatic N) is 2. The fourth-order valence-corrected chi connectivity index (χ4v) is 4.24. The van der Waals surface area contributed by atoms with E-state index in [9.17, 15) is 27.2 Å². The monoisotopic (exact) mass is 466 g/mol. The van der Waals surface area contributed by atoms with Gasteiger partial charge in [0.05, 0.1) is 16.6 Å². The van der Waals surface area contributed by atoms with E-state index < -0.39 is 29.7 Å². The van der Waals surface area contributed by atoms with Gasteiger partial charge < -0.3 is 19.9 Å². The molecule has 2 amide bonds. The van der Waals surface area contributed by atoms with Crippen LogP contribution in [-0.2, 0) is 10.8 Å². The quantitative estimate of drug-likeness (QED) is 0.554. The van der Waals surface area contributed by atoms with Crippen LogP contribution >= 0.6 is 0 Å². The number of fused-ring (bicyclic) bond motifs is 2. The third-order valence-electron chi connectivity index (χ3n) is 5.76. The molecule has 1 aromatic heterocycles. The molecule has 0 saturated carbocycles. The van der Waals surface area contributed by atoms with E-state index >= 15 is 0 Å². The Bertz CT molecular complexity index is 1280. The number of nitrogens with one attached hydrogen (secondary N) is 2. The van der Waals surface area contributed by atoms with Crippen LogP contribution in [0.3, 0.4) is 0 Å². The van der Waals surface area contributed by atoms with E-state index in [1.165, 1.54) is 11.0 Å². The second-order valence-corrected chi connectivity index (χ2v) is 7.86. The maximum atomic E-state index is 14.0. The van der Waals surface area contributed by atoms with Gasteiger partial charge in [0.15, 0.2) is 0 Å². The molecule has 12 heteroatoms. The second kappa shape index (κ2) is 7.51. The standard InChI is InChI=1S/C21H18F4N4O4/c22-20(23)14-11-12(5-6-17(14)32-21(24,25)33-20)26-18(30)28-9-7-13(8-10-28)29-16-4-2-1-3-15(16)27-19(29)31/h1-6,11,13H,7-10H2,(H,26,30)(H,27,31). The van der Waals surface area contributed by atoms with Crippen LogP contribution in [0.15, 0.2) is 47.3 Å². The number of carbonyl (C=O) groups is 1. The smallest absolute Gasteiger partial charge is 0.409 e. The van der Waals surface area contributed by atoms with E-state index in [2.05, 4.69) is 19.8 Å². The molecule has 0 spiro atoms. The number of amides is 2. The van der Waals surface area contributed by atoms with Crippen molar-refractivity contribution in [1.82, 2.24) is 14.5 Å². The van der Waals surface area contributed by atoms with Crippen molar-refractivity contribution in [3.05, 3.63) is 58.5 Å². The average Bonchev–Trinajstić information content (AvgIpc) is 3.09. The van der Waals surface area contributed by atoms with Crippen molar-refractivity contribution in [2.24, 2.45) is 0 Å². The van der Waals surface area contributed by atoms with Gasteiger partial charge in [0.1, 0.15) is 5.75 Å². The third kappa shape index (κ3) is 3.90. The lowest BCUT2D eigenvalue weighted by atomic mass is 10.0. The molecule has 0 aliphatic carbocycles. The zero-order valence-corrected chi connectivity index (χ0v) is 17.0. The van der Waals surface area contributed by atoms with Gasteiger partial charge in [0, 0.05) is 24.8 Å². The second-order valence-electron chi connectivity index (χ2n) is 7.86. The highest BCUT2D eigenvalue weighted by Gasteiger charge is 2.54. The Morgan fingerprint density at radius 3 is 2.58 bits per heavy atom. The Morgan fingerprint density at radius 2 is 1.82 bits per heavy atom. The number of aromatic nitrogens is 2. The Hall–Kier alpha value is -3.54. The highest BCUT2D eigenvalue weighted by Crippen LogP contribution is 2.46. The van der Waals surface area contributed by atoms with Crippen molar-refractivity contribution in [2.45, 2.75) is 31.3 Å². The normalized spacial score (nSPS) is 19.7. The fraction of sp³-hybridized carbons (Fsp3) is 0.333. The molecule has 2 aromatic carbocycles. The van der Waals surface area contributed by atoms with Crippen molar-refractivity contribution in [1.29, 1.82) is 0 Å². The number of urea groups is 1. The van der Waals surface area contributed by atoms with Crippen LogP contribution in [0.4, 0.5) is 28.0 Å². The fourth-order valence-electron chi connectivity index (χ4n) is 4.24. The summed E-state index contributed by atoms with van der Waals surface area (Å²) in [5.74, 6) is -0.737. The molecule has 33 heavy (non-hydrogen) atoms. The summed E-state index contributed by atoms with van der Waals surface area (Å²) in [6, 6.07) is 9.64. The molecular weight excluding hydrogens is 448 g/mol. The number of alkyl halides is 4. The Morgan fingerprint density at radius 1 is 1.09 bits per heavy atom. The number of piperidine rings is 1. The number of imidazole rings is 1. The van der Waals surface area contributed by atoms with Crippen molar-refractivity contribution in [3.8, 4) is 5.75 Å². The summed E-state index contributed by atoms with van der Waals surface area (Å²) in [5, 5.41) is 2.49. The highest BCUT2D eigenvalue weighted by atomic mass is 19.3. The Kier molecular flexibility index (Phi) is 4.85. The maximum Gasteiger partial charge on any atom is 0.540 e. The Labute approximate surface area is 183 Å². The van der Waals surface area contributed by atoms with Crippen molar-refractivity contribution < 1.29 is 31.8 Å². The molecule has 0 bridgehead atoms. The predicted octanol–water partition coefficient (Wildman–Crippen LogP) is 4.21. The van der Waals surface area contributed by atoms with E-state index in [0.29, 0.717) is 25.9 Å². The van der Waals surface area contributed by atoms with Crippen LogP contribution < -0.4 is 15.7 Å². The molecule has 174 valence electrons. The zero-order chi connectivity index (χ0) is 23.4. The summed E-state index contributed by atoms with van der Waals surface area (Å²) >= 11 is 0. The molecular formula is C21H18F4N4O4. The minimum atomic E-state index is -4.46. The summed E-state index contributed by atoms with van der Waals surface area (Å²) in [4.78, 5) is 29.3. The molecule has 1 fully saturated rings. The van der Waals surface area contributed by atoms with E-state index in [-0.39, 0.29) is 17.4 Å². The minimum Gasteiger partial charge on any atom is -0.409 e. The third-order valence-corrected chi connectivity index (χ3v) is 5.76. The maximum absolute atomic E-state index is 14.0. The van der Waals surface area contributed by atoms with Gasteiger partial charge in [-0.3, -0.25) is 4.57 Å². The van der Waals surface area contributed by atoms with E-state index in [1.54, 1.807) is 4.57 Å². The van der Waals surface area contributed by atoms with Gasteiger partial charge in [0.25, 0.3) is 0 Å².